The Kier molecular flexibility index (Phi) is 4.14. The first-order valence-electron chi connectivity index (χ1n) is 6.65. The lowest BCUT2D eigenvalue weighted by Crippen LogP contribution is -2.44. The molecule has 0 spiro atoms. The van der Waals surface area contributed by atoms with E-state index in [0.717, 1.165) is 18.4 Å². The van der Waals surface area contributed by atoms with Crippen molar-refractivity contribution in [2.24, 2.45) is 5.92 Å². The summed E-state index contributed by atoms with van der Waals surface area (Å²) in [6.45, 7) is 4.29. The number of hydrogen-bond acceptors (Lipinski definition) is 1. The minimum atomic E-state index is -0.404. The summed E-state index contributed by atoms with van der Waals surface area (Å²) in [5.41, 5.74) is 0.765. The van der Waals surface area contributed by atoms with Gasteiger partial charge in [0.05, 0.1) is 5.02 Å². The lowest BCUT2D eigenvalue weighted by atomic mass is 9.82. The molecule has 1 saturated heterocycles. The number of carbonyl (C=O) groups is 1. The second-order valence-corrected chi connectivity index (χ2v) is 6.26. The van der Waals surface area contributed by atoms with Gasteiger partial charge in [0, 0.05) is 12.0 Å². The first kappa shape index (κ1) is 14.3. The molecule has 1 atom stereocenters. The standard InChI is InChI=1S/C15H19ClFNO/c1-10(2)8-15(6-5-14(19)18-15)9-11-3-4-13(17)12(16)7-11/h3-4,7,10H,5-6,8-9H2,1-2H3,(H,18,19). The molecular formula is C15H19ClFNO. The smallest absolute Gasteiger partial charge is 0.220 e. The van der Waals surface area contributed by atoms with E-state index < -0.39 is 5.82 Å². The largest absolute Gasteiger partial charge is 0.350 e. The van der Waals surface area contributed by atoms with Crippen molar-refractivity contribution in [3.8, 4) is 0 Å². The molecule has 0 aliphatic carbocycles. The topological polar surface area (TPSA) is 29.1 Å². The third-order valence-corrected chi connectivity index (χ3v) is 3.85. The maximum absolute atomic E-state index is 13.2. The van der Waals surface area contributed by atoms with E-state index in [1.807, 2.05) is 0 Å². The molecule has 0 bridgehead atoms. The van der Waals surface area contributed by atoms with Crippen molar-refractivity contribution in [3.05, 3.63) is 34.6 Å². The summed E-state index contributed by atoms with van der Waals surface area (Å²) >= 11 is 5.82. The number of carbonyl (C=O) groups excluding carboxylic acids is 1. The highest BCUT2D eigenvalue weighted by atomic mass is 35.5. The molecule has 1 unspecified atom stereocenters. The van der Waals surface area contributed by atoms with Gasteiger partial charge in [0.2, 0.25) is 5.91 Å². The molecule has 4 heteroatoms. The molecule has 0 radical (unpaired) electrons. The van der Waals surface area contributed by atoms with Crippen LogP contribution >= 0.6 is 11.6 Å². The lowest BCUT2D eigenvalue weighted by Gasteiger charge is -2.31. The van der Waals surface area contributed by atoms with Gasteiger partial charge in [-0.25, -0.2) is 4.39 Å². The van der Waals surface area contributed by atoms with Crippen molar-refractivity contribution in [1.82, 2.24) is 5.32 Å². The fourth-order valence-corrected chi connectivity index (χ4v) is 3.16. The highest BCUT2D eigenvalue weighted by molar-refractivity contribution is 6.30. The van der Waals surface area contributed by atoms with E-state index in [1.54, 1.807) is 12.1 Å². The van der Waals surface area contributed by atoms with Crippen molar-refractivity contribution < 1.29 is 9.18 Å². The number of rotatable bonds is 4. The number of halogens is 2. The lowest BCUT2D eigenvalue weighted by molar-refractivity contribution is -0.119. The summed E-state index contributed by atoms with van der Waals surface area (Å²) in [4.78, 5) is 11.6. The van der Waals surface area contributed by atoms with E-state index in [9.17, 15) is 9.18 Å². The Bertz CT molecular complexity index is 489. The van der Waals surface area contributed by atoms with Gasteiger partial charge >= 0.3 is 0 Å². The normalized spacial score (nSPS) is 22.9. The molecule has 1 heterocycles. The van der Waals surface area contributed by atoms with Crippen molar-refractivity contribution in [2.75, 3.05) is 0 Å². The van der Waals surface area contributed by atoms with Crippen LogP contribution in [0.2, 0.25) is 5.02 Å². The zero-order valence-electron chi connectivity index (χ0n) is 11.3. The Hall–Kier alpha value is -1.09. The molecule has 2 nitrogen and oxygen atoms in total. The van der Waals surface area contributed by atoms with E-state index in [0.29, 0.717) is 18.8 Å². The molecule has 1 amide bonds. The molecule has 19 heavy (non-hydrogen) atoms. The predicted molar refractivity (Wildman–Crippen MR) is 74.7 cm³/mol. The maximum atomic E-state index is 13.2. The second-order valence-electron chi connectivity index (χ2n) is 5.85. The minimum Gasteiger partial charge on any atom is -0.350 e. The molecule has 0 saturated carbocycles. The summed E-state index contributed by atoms with van der Waals surface area (Å²) in [5.74, 6) is 0.196. The Morgan fingerprint density at radius 2 is 2.21 bits per heavy atom. The van der Waals surface area contributed by atoms with Crippen LogP contribution in [0.3, 0.4) is 0 Å². The van der Waals surface area contributed by atoms with Crippen LogP contribution in [0.4, 0.5) is 4.39 Å². The molecule has 1 fully saturated rings. The Morgan fingerprint density at radius 3 is 2.74 bits per heavy atom. The SMILES string of the molecule is CC(C)CC1(Cc2ccc(F)c(Cl)c2)CCC(=O)N1. The Labute approximate surface area is 118 Å². The summed E-state index contributed by atoms with van der Waals surface area (Å²) in [6, 6.07) is 4.79. The van der Waals surface area contributed by atoms with Crippen molar-refractivity contribution >= 4 is 17.5 Å². The molecule has 1 aromatic carbocycles. The van der Waals surface area contributed by atoms with E-state index in [1.165, 1.54) is 6.07 Å². The molecule has 2 rings (SSSR count). The van der Waals surface area contributed by atoms with Crippen LogP contribution < -0.4 is 5.32 Å². The minimum absolute atomic E-state index is 0.105. The molecule has 1 aromatic rings. The predicted octanol–water partition coefficient (Wildman–Crippen LogP) is 3.72. The highest BCUT2D eigenvalue weighted by Crippen LogP contribution is 2.32. The monoisotopic (exact) mass is 283 g/mol. The van der Waals surface area contributed by atoms with Gasteiger partial charge in [-0.3, -0.25) is 4.79 Å². The van der Waals surface area contributed by atoms with Crippen LogP contribution in [-0.4, -0.2) is 11.4 Å². The van der Waals surface area contributed by atoms with Crippen LogP contribution in [0.25, 0.3) is 0 Å². The fourth-order valence-electron chi connectivity index (χ4n) is 2.95. The summed E-state index contributed by atoms with van der Waals surface area (Å²) in [6.07, 6.45) is 3.03. The van der Waals surface area contributed by atoms with Crippen molar-refractivity contribution in [3.63, 3.8) is 0 Å². The number of benzene rings is 1. The maximum Gasteiger partial charge on any atom is 0.220 e. The number of amides is 1. The van der Waals surface area contributed by atoms with Gasteiger partial charge in [-0.15, -0.1) is 0 Å². The average molecular weight is 284 g/mol. The first-order chi connectivity index (χ1) is 8.90. The van der Waals surface area contributed by atoms with Crippen LogP contribution in [0.15, 0.2) is 18.2 Å². The quantitative estimate of drug-likeness (QED) is 0.896. The van der Waals surface area contributed by atoms with Crippen LogP contribution in [0, 0.1) is 11.7 Å². The van der Waals surface area contributed by atoms with Gasteiger partial charge in [0.1, 0.15) is 5.82 Å². The third-order valence-electron chi connectivity index (χ3n) is 3.56. The van der Waals surface area contributed by atoms with Crippen molar-refractivity contribution in [1.29, 1.82) is 0 Å². The molecular weight excluding hydrogens is 265 g/mol. The molecule has 1 aliphatic heterocycles. The summed E-state index contributed by atoms with van der Waals surface area (Å²) in [7, 11) is 0. The summed E-state index contributed by atoms with van der Waals surface area (Å²) < 4.78 is 13.2. The Morgan fingerprint density at radius 1 is 1.47 bits per heavy atom. The van der Waals surface area contributed by atoms with Crippen LogP contribution in [-0.2, 0) is 11.2 Å². The van der Waals surface area contributed by atoms with Gasteiger partial charge < -0.3 is 5.32 Å². The number of hydrogen-bond donors (Lipinski definition) is 1. The van der Waals surface area contributed by atoms with E-state index >= 15 is 0 Å². The average Bonchev–Trinajstić information content (AvgIpc) is 2.64. The van der Waals surface area contributed by atoms with Crippen LogP contribution in [0.5, 0.6) is 0 Å². The van der Waals surface area contributed by atoms with Gasteiger partial charge in [-0.1, -0.05) is 31.5 Å². The Balaban J connectivity index is 2.20. The van der Waals surface area contributed by atoms with E-state index in [2.05, 4.69) is 19.2 Å². The zero-order chi connectivity index (χ0) is 14.0. The number of nitrogens with one attached hydrogen (secondary N) is 1. The molecule has 1 aliphatic rings. The first-order valence-corrected chi connectivity index (χ1v) is 7.03. The second kappa shape index (κ2) is 5.49. The molecule has 1 N–H and O–H groups in total. The molecule has 0 aromatic heterocycles. The van der Waals surface area contributed by atoms with Gasteiger partial charge in [0.15, 0.2) is 0 Å². The van der Waals surface area contributed by atoms with Gasteiger partial charge in [-0.05, 0) is 42.9 Å². The summed E-state index contributed by atoms with van der Waals surface area (Å²) in [5, 5.41) is 3.25. The fraction of sp³-hybridized carbons (Fsp3) is 0.533. The molecule has 104 valence electrons. The highest BCUT2D eigenvalue weighted by Gasteiger charge is 2.38. The van der Waals surface area contributed by atoms with E-state index in [4.69, 9.17) is 11.6 Å². The van der Waals surface area contributed by atoms with Gasteiger partial charge in [-0.2, -0.15) is 0 Å². The van der Waals surface area contributed by atoms with E-state index in [-0.39, 0.29) is 16.5 Å². The third kappa shape index (κ3) is 3.47. The van der Waals surface area contributed by atoms with Crippen LogP contribution in [0.1, 0.15) is 38.7 Å². The van der Waals surface area contributed by atoms with Gasteiger partial charge in [0.25, 0.3) is 0 Å². The van der Waals surface area contributed by atoms with Crippen molar-refractivity contribution in [2.45, 2.75) is 45.1 Å². The zero-order valence-corrected chi connectivity index (χ0v) is 12.1.